The van der Waals surface area contributed by atoms with Crippen molar-refractivity contribution in [3.8, 4) is 141 Å². The minimum absolute atomic E-state index is 0.711. The van der Waals surface area contributed by atoms with Gasteiger partial charge in [-0.2, -0.15) is 0 Å². The Labute approximate surface area is 693 Å². The molecule has 22 rings (SSSR count). The van der Waals surface area contributed by atoms with Crippen LogP contribution in [0.1, 0.15) is 5.82 Å². The lowest BCUT2D eigenvalue weighted by Crippen LogP contribution is -2.02. The van der Waals surface area contributed by atoms with Crippen molar-refractivity contribution >= 4 is 54.9 Å². The van der Waals surface area contributed by atoms with Crippen molar-refractivity contribution in [2.45, 2.75) is 6.92 Å². The first-order valence-corrected chi connectivity index (χ1v) is 39.9. The number of imidazole rings is 3. The van der Waals surface area contributed by atoms with Gasteiger partial charge in [-0.1, -0.05) is 194 Å². The van der Waals surface area contributed by atoms with E-state index in [4.69, 9.17) is 24.9 Å². The lowest BCUT2D eigenvalue weighted by molar-refractivity contribution is 1.06. The quantitative estimate of drug-likeness (QED) is 0.0965. The van der Waals surface area contributed by atoms with Gasteiger partial charge >= 0.3 is 0 Å². The van der Waals surface area contributed by atoms with Crippen LogP contribution in [-0.4, -0.2) is 63.5 Å². The maximum Gasteiger partial charge on any atom is 0.145 e. The zero-order valence-corrected chi connectivity index (χ0v) is 65.2. The molecule has 0 saturated heterocycles. The van der Waals surface area contributed by atoms with E-state index in [9.17, 15) is 0 Å². The molecule has 0 aliphatic heterocycles. The summed E-state index contributed by atoms with van der Waals surface area (Å²) in [4.78, 5) is 47.7. The van der Waals surface area contributed by atoms with Gasteiger partial charge in [0.1, 0.15) is 23.3 Å². The molecule has 9 heterocycles. The summed E-state index contributed by atoms with van der Waals surface area (Å²) >= 11 is 0. The number of fused-ring (bicyclic) bond motifs is 6. The van der Waals surface area contributed by atoms with E-state index in [0.717, 1.165) is 173 Å². The molecule has 13 heteroatoms. The number of aromatic nitrogens is 13. The van der Waals surface area contributed by atoms with Gasteiger partial charge in [0.25, 0.3) is 0 Å². The Kier molecular flexibility index (Phi) is 19.6. The van der Waals surface area contributed by atoms with Gasteiger partial charge in [0.2, 0.25) is 0 Å². The van der Waals surface area contributed by atoms with Crippen LogP contribution in [0.3, 0.4) is 0 Å². The first-order chi connectivity index (χ1) is 59.4. The van der Waals surface area contributed by atoms with E-state index in [1.54, 1.807) is 0 Å². The summed E-state index contributed by atoms with van der Waals surface area (Å²) in [5.74, 6) is 3.24. The molecule has 120 heavy (non-hydrogen) atoms. The molecule has 13 nitrogen and oxygen atoms in total. The highest BCUT2D eigenvalue weighted by atomic mass is 15.1. The van der Waals surface area contributed by atoms with Crippen LogP contribution in [0.5, 0.6) is 0 Å². The summed E-state index contributed by atoms with van der Waals surface area (Å²) in [6, 6.07) is 130. The molecule has 0 radical (unpaired) electrons. The second kappa shape index (κ2) is 32.5. The second-order valence-corrected chi connectivity index (χ2v) is 29.2. The lowest BCUT2D eigenvalue weighted by Gasteiger charge is -2.15. The van der Waals surface area contributed by atoms with Gasteiger partial charge in [-0.25, -0.2) is 24.9 Å². The van der Waals surface area contributed by atoms with Gasteiger partial charge in [-0.05, 0) is 256 Å². The summed E-state index contributed by atoms with van der Waals surface area (Å²) in [7, 11) is 0. The molecule has 0 bridgehead atoms. The van der Waals surface area contributed by atoms with E-state index in [2.05, 4.69) is 324 Å². The SMILES string of the molecule is Cc1nc(-c2cc(-c3ccccc3)cc(-c3ccncc3)c2)cc(-c2cc(-c3ccncc3)cc(-c3ccncc3)c2)n1.c1ccc(-c2ccnc3c2ccc2c(-c4ccccc4)ccnc23)cc1.c1ccc(-n2c(-c3cc(-c4nc5ccccc5n4-c4ccccc4)cc(-c4nc5ccccc5n4-c4ccccc4)c3)nc3ccccc32)cc1. The van der Waals surface area contributed by atoms with Crippen LogP contribution < -0.4 is 0 Å². The normalized spacial score (nSPS) is 11.2. The smallest absolute Gasteiger partial charge is 0.145 e. The highest BCUT2D eigenvalue weighted by Crippen LogP contribution is 2.42. The third kappa shape index (κ3) is 14.6. The van der Waals surface area contributed by atoms with Crippen molar-refractivity contribution in [3.63, 3.8) is 0 Å². The largest absolute Gasteiger partial charge is 0.292 e. The van der Waals surface area contributed by atoms with Crippen LogP contribution in [-0.2, 0) is 0 Å². The standard InChI is InChI=1S/C45H30N6.C38H27N5.C24H16N2/c1-4-16-34(17-5-1)49-40-25-13-10-22-37(40)46-43(49)31-28-32(44-47-38-23-11-14-26-41(38)50(44)35-18-6-2-7-19-35)30-33(29-31)45-48-39-24-12-15-27-42(39)51(45)36-20-8-3-9-21-36;1-26-42-37(35-21-31(27-5-3-2-4-6-27)19-32(22-35)28-7-13-39-14-8-28)25-38(43-26)36-23-33(29-9-15-40-16-10-29)20-34(24-36)30-11-17-41-18-12-30;1-3-7-17(8-4-1)19-13-15-25-23-21(19)11-12-22-20(14-16-26-24(22)23)18-9-5-2-6-10-18/h1-30H;2-25H,1H3;1-16H. The van der Waals surface area contributed by atoms with Crippen molar-refractivity contribution < 1.29 is 0 Å². The molecule has 0 atom stereocenters. The third-order valence-corrected chi connectivity index (χ3v) is 21.7. The predicted octanol–water partition coefficient (Wildman–Crippen LogP) is 25.8. The summed E-state index contributed by atoms with van der Waals surface area (Å²) in [5, 5.41) is 2.26. The van der Waals surface area contributed by atoms with Gasteiger partial charge in [0.05, 0.1) is 55.5 Å². The molecule has 0 aliphatic rings. The van der Waals surface area contributed by atoms with Gasteiger partial charge in [-0.3, -0.25) is 38.6 Å². The minimum atomic E-state index is 0.711. The van der Waals surface area contributed by atoms with Crippen LogP contribution in [0.15, 0.2) is 426 Å². The van der Waals surface area contributed by atoms with Gasteiger partial charge in [0, 0.05) is 105 Å². The van der Waals surface area contributed by atoms with Crippen LogP contribution in [0.4, 0.5) is 0 Å². The summed E-state index contributed by atoms with van der Waals surface area (Å²) in [6.07, 6.45) is 14.7. The summed E-state index contributed by atoms with van der Waals surface area (Å²) in [5.41, 5.74) is 31.2. The van der Waals surface area contributed by atoms with E-state index >= 15 is 0 Å². The minimum Gasteiger partial charge on any atom is -0.292 e. The number of aryl methyl sites for hydroxylation is 1. The van der Waals surface area contributed by atoms with Crippen molar-refractivity contribution in [1.29, 1.82) is 0 Å². The van der Waals surface area contributed by atoms with Gasteiger partial charge in [-0.15, -0.1) is 0 Å². The van der Waals surface area contributed by atoms with Crippen LogP contribution in [0.25, 0.3) is 195 Å². The predicted molar refractivity (Wildman–Crippen MR) is 487 cm³/mol. The van der Waals surface area contributed by atoms with E-state index in [-0.39, 0.29) is 0 Å². The Morgan fingerprint density at radius 3 is 0.792 bits per heavy atom. The fourth-order valence-electron chi connectivity index (χ4n) is 16.1. The Morgan fingerprint density at radius 2 is 0.467 bits per heavy atom. The van der Waals surface area contributed by atoms with Crippen LogP contribution in [0, 0.1) is 6.92 Å². The molecule has 0 amide bonds. The third-order valence-electron chi connectivity index (χ3n) is 21.7. The Bertz CT molecular complexity index is 6750. The number of benzene rings is 13. The number of para-hydroxylation sites is 9. The molecule has 0 spiro atoms. The Hall–Kier alpha value is -16.4. The van der Waals surface area contributed by atoms with E-state index < -0.39 is 0 Å². The Morgan fingerprint density at radius 1 is 0.200 bits per heavy atom. The molecule has 0 fully saturated rings. The second-order valence-electron chi connectivity index (χ2n) is 29.2. The average Bonchev–Trinajstić information content (AvgIpc) is 1.77. The number of hydrogen-bond acceptors (Lipinski definition) is 10. The van der Waals surface area contributed by atoms with Crippen LogP contribution >= 0.6 is 0 Å². The van der Waals surface area contributed by atoms with Crippen molar-refractivity contribution in [3.05, 3.63) is 432 Å². The van der Waals surface area contributed by atoms with E-state index in [1.165, 1.54) is 22.3 Å². The van der Waals surface area contributed by atoms with Crippen molar-refractivity contribution in [2.24, 2.45) is 0 Å². The van der Waals surface area contributed by atoms with E-state index in [0.29, 0.717) is 5.82 Å². The molecule has 0 N–H and O–H groups in total. The molecule has 0 saturated carbocycles. The molecule has 22 aromatic rings. The fraction of sp³-hybridized carbons (Fsp3) is 0.00935. The molecular formula is C107H73N13. The highest BCUT2D eigenvalue weighted by molar-refractivity contribution is 6.12. The summed E-state index contributed by atoms with van der Waals surface area (Å²) in [6.45, 7) is 1.95. The van der Waals surface area contributed by atoms with Crippen molar-refractivity contribution in [1.82, 2.24) is 63.5 Å². The maximum atomic E-state index is 5.28. The molecule has 13 aromatic carbocycles. The van der Waals surface area contributed by atoms with Crippen molar-refractivity contribution in [2.75, 3.05) is 0 Å². The maximum absolute atomic E-state index is 5.28. The number of hydrogen-bond donors (Lipinski definition) is 0. The van der Waals surface area contributed by atoms with Crippen LogP contribution in [0.2, 0.25) is 0 Å². The number of rotatable bonds is 14. The topological polar surface area (TPSA) is 144 Å². The molecule has 0 unspecified atom stereocenters. The lowest BCUT2D eigenvalue weighted by atomic mass is 9.94. The molecular weight excluding hydrogens is 1470 g/mol. The van der Waals surface area contributed by atoms with Gasteiger partial charge < -0.3 is 0 Å². The first kappa shape index (κ1) is 72.6. The fourth-order valence-corrected chi connectivity index (χ4v) is 16.1. The molecule has 0 aliphatic carbocycles. The summed E-state index contributed by atoms with van der Waals surface area (Å²) < 4.78 is 6.75. The average molecular weight is 1540 g/mol. The number of nitrogens with zero attached hydrogens (tertiary/aromatic N) is 13. The zero-order valence-electron chi connectivity index (χ0n) is 65.2. The van der Waals surface area contributed by atoms with E-state index in [1.807, 2.05) is 147 Å². The Balaban J connectivity index is 0.000000121. The first-order valence-electron chi connectivity index (χ1n) is 39.9. The van der Waals surface area contributed by atoms with Gasteiger partial charge in [0.15, 0.2) is 0 Å². The molecule has 9 aromatic heterocycles. The zero-order chi connectivity index (χ0) is 80.1. The highest BCUT2D eigenvalue weighted by Gasteiger charge is 2.24. The monoisotopic (exact) mass is 1540 g/mol. The molecule has 566 valence electrons. The number of pyridine rings is 5.